The second-order valence-corrected chi connectivity index (χ2v) is 3.02. The maximum absolute atomic E-state index is 10.9. The second-order valence-electron chi connectivity index (χ2n) is 3.02. The molecule has 0 bridgehead atoms. The van der Waals surface area contributed by atoms with Crippen LogP contribution in [0.15, 0.2) is 0 Å². The Morgan fingerprint density at radius 1 is 1.82 bits per heavy atom. The van der Waals surface area contributed by atoms with Gasteiger partial charge in [-0.15, -0.1) is 0 Å². The number of carboxylic acid groups (broad SMARTS) is 1. The van der Waals surface area contributed by atoms with Gasteiger partial charge in [-0.1, -0.05) is 0 Å². The normalized spacial score (nSPS) is 30.1. The molecule has 1 rings (SSSR count). The van der Waals surface area contributed by atoms with Gasteiger partial charge in [0.15, 0.2) is 0 Å². The van der Waals surface area contributed by atoms with E-state index in [0.29, 0.717) is 13.0 Å². The maximum atomic E-state index is 10.9. The molecular weight excluding hydrogens is 148 g/mol. The number of cyclic esters (lactones) is 1. The molecule has 1 aliphatic rings. The van der Waals surface area contributed by atoms with Gasteiger partial charge >= 0.3 is 11.9 Å². The van der Waals surface area contributed by atoms with Crippen molar-refractivity contribution < 1.29 is 19.4 Å². The van der Waals surface area contributed by atoms with E-state index in [1.54, 1.807) is 6.92 Å². The van der Waals surface area contributed by atoms with E-state index in [1.165, 1.54) is 0 Å². The Balaban J connectivity index is 2.65. The van der Waals surface area contributed by atoms with Crippen LogP contribution in [0.1, 0.15) is 19.8 Å². The lowest BCUT2D eigenvalue weighted by Gasteiger charge is -2.14. The highest BCUT2D eigenvalue weighted by Crippen LogP contribution is 2.32. The van der Waals surface area contributed by atoms with Gasteiger partial charge in [0.2, 0.25) is 0 Å². The molecule has 1 saturated heterocycles. The van der Waals surface area contributed by atoms with Crippen LogP contribution in [0.2, 0.25) is 0 Å². The lowest BCUT2D eigenvalue weighted by molar-refractivity contribution is -0.151. The number of esters is 1. The van der Waals surface area contributed by atoms with Gasteiger partial charge in [-0.25, -0.2) is 0 Å². The second kappa shape index (κ2) is 2.53. The van der Waals surface area contributed by atoms with Crippen LogP contribution >= 0.6 is 0 Å². The van der Waals surface area contributed by atoms with E-state index in [2.05, 4.69) is 4.74 Å². The molecule has 0 radical (unpaired) electrons. The summed E-state index contributed by atoms with van der Waals surface area (Å²) in [4.78, 5) is 21.2. The van der Waals surface area contributed by atoms with Crippen LogP contribution in [0.4, 0.5) is 0 Å². The smallest absolute Gasteiger partial charge is 0.312 e. The molecule has 0 unspecified atom stereocenters. The van der Waals surface area contributed by atoms with Crippen molar-refractivity contribution in [2.75, 3.05) is 6.61 Å². The van der Waals surface area contributed by atoms with E-state index < -0.39 is 11.4 Å². The van der Waals surface area contributed by atoms with Crippen molar-refractivity contribution in [3.05, 3.63) is 0 Å². The highest BCUT2D eigenvalue weighted by molar-refractivity contribution is 5.83. The third-order valence-corrected chi connectivity index (χ3v) is 1.92. The molecule has 0 aliphatic carbocycles. The molecule has 1 atom stereocenters. The number of carboxylic acids is 1. The fraction of sp³-hybridized carbons (Fsp3) is 0.714. The molecule has 11 heavy (non-hydrogen) atoms. The molecule has 4 heteroatoms. The summed E-state index contributed by atoms with van der Waals surface area (Å²) in [6.07, 6.45) is 0.379. The number of ether oxygens (including phenoxy) is 1. The van der Waals surface area contributed by atoms with E-state index in [1.807, 2.05) is 0 Å². The Kier molecular flexibility index (Phi) is 1.85. The lowest BCUT2D eigenvalue weighted by Crippen LogP contribution is -2.25. The topological polar surface area (TPSA) is 63.6 Å². The number of carbonyl (C=O) groups is 2. The molecule has 1 fully saturated rings. The minimum absolute atomic E-state index is 0.133. The Morgan fingerprint density at radius 3 is 2.82 bits per heavy atom. The number of rotatable bonds is 2. The first kappa shape index (κ1) is 8.04. The molecular formula is C7H10O4. The van der Waals surface area contributed by atoms with E-state index >= 15 is 0 Å². The van der Waals surface area contributed by atoms with Crippen LogP contribution in [-0.2, 0) is 14.3 Å². The molecule has 1 aliphatic heterocycles. The molecule has 0 aromatic carbocycles. The van der Waals surface area contributed by atoms with Gasteiger partial charge in [0.1, 0.15) is 0 Å². The Hall–Kier alpha value is -1.06. The van der Waals surface area contributed by atoms with Crippen molar-refractivity contribution in [1.82, 2.24) is 0 Å². The number of hydrogen-bond acceptors (Lipinski definition) is 3. The minimum Gasteiger partial charge on any atom is -0.481 e. The van der Waals surface area contributed by atoms with Gasteiger partial charge in [0.25, 0.3) is 0 Å². The summed E-state index contributed by atoms with van der Waals surface area (Å²) in [5.41, 5.74) is -0.786. The van der Waals surface area contributed by atoms with Crippen molar-refractivity contribution in [1.29, 1.82) is 0 Å². The van der Waals surface area contributed by atoms with Crippen molar-refractivity contribution in [2.45, 2.75) is 19.8 Å². The van der Waals surface area contributed by atoms with Crippen molar-refractivity contribution in [3.63, 3.8) is 0 Å². The SMILES string of the molecule is C[C@@]1(CC(=O)O)CCOC1=O. The molecule has 1 N–H and O–H groups in total. The first-order valence-electron chi connectivity index (χ1n) is 3.44. The highest BCUT2D eigenvalue weighted by atomic mass is 16.5. The summed E-state index contributed by atoms with van der Waals surface area (Å²) in [5.74, 6) is -1.34. The van der Waals surface area contributed by atoms with Gasteiger partial charge in [-0.3, -0.25) is 9.59 Å². The molecule has 62 valence electrons. The van der Waals surface area contributed by atoms with Crippen LogP contribution in [0.3, 0.4) is 0 Å². The molecule has 4 nitrogen and oxygen atoms in total. The third-order valence-electron chi connectivity index (χ3n) is 1.92. The summed E-state index contributed by atoms with van der Waals surface area (Å²) < 4.78 is 4.67. The Morgan fingerprint density at radius 2 is 2.45 bits per heavy atom. The van der Waals surface area contributed by atoms with Crippen molar-refractivity contribution in [2.24, 2.45) is 5.41 Å². The first-order chi connectivity index (χ1) is 5.04. The Labute approximate surface area is 64.2 Å². The fourth-order valence-corrected chi connectivity index (χ4v) is 1.14. The molecule has 0 amide bonds. The summed E-state index contributed by atoms with van der Waals surface area (Å²) in [7, 11) is 0. The summed E-state index contributed by atoms with van der Waals surface area (Å²) in [6.45, 7) is 1.97. The summed E-state index contributed by atoms with van der Waals surface area (Å²) in [5, 5.41) is 8.45. The molecule has 0 saturated carbocycles. The number of hydrogen-bond donors (Lipinski definition) is 1. The van der Waals surface area contributed by atoms with Crippen molar-refractivity contribution >= 4 is 11.9 Å². The maximum Gasteiger partial charge on any atom is 0.312 e. The predicted molar refractivity (Wildman–Crippen MR) is 35.9 cm³/mol. The van der Waals surface area contributed by atoms with Gasteiger partial charge in [-0.2, -0.15) is 0 Å². The van der Waals surface area contributed by atoms with Crippen molar-refractivity contribution in [3.8, 4) is 0 Å². The van der Waals surface area contributed by atoms with E-state index in [-0.39, 0.29) is 12.4 Å². The average Bonchev–Trinajstić information content (AvgIpc) is 2.11. The van der Waals surface area contributed by atoms with Gasteiger partial charge in [0, 0.05) is 0 Å². The number of carbonyl (C=O) groups excluding carboxylic acids is 1. The van der Waals surface area contributed by atoms with E-state index in [4.69, 9.17) is 5.11 Å². The van der Waals surface area contributed by atoms with Gasteiger partial charge in [-0.05, 0) is 13.3 Å². The third kappa shape index (κ3) is 1.50. The zero-order valence-corrected chi connectivity index (χ0v) is 6.29. The summed E-state index contributed by atoms with van der Waals surface area (Å²) >= 11 is 0. The fourth-order valence-electron chi connectivity index (χ4n) is 1.14. The van der Waals surface area contributed by atoms with E-state index in [9.17, 15) is 9.59 Å². The molecule has 0 aromatic heterocycles. The van der Waals surface area contributed by atoms with Crippen LogP contribution in [0, 0.1) is 5.41 Å². The van der Waals surface area contributed by atoms with Crippen LogP contribution < -0.4 is 0 Å². The predicted octanol–water partition coefficient (Wildman–Crippen LogP) is 0.414. The standard InChI is InChI=1S/C7H10O4/c1-7(4-5(8)9)2-3-11-6(7)10/h2-4H2,1H3,(H,8,9)/t7-/m0/s1. The van der Waals surface area contributed by atoms with Crippen LogP contribution in [0.25, 0.3) is 0 Å². The zero-order chi connectivity index (χ0) is 8.48. The summed E-state index contributed by atoms with van der Waals surface area (Å²) in [6, 6.07) is 0. The van der Waals surface area contributed by atoms with Crippen LogP contribution in [-0.4, -0.2) is 23.7 Å². The van der Waals surface area contributed by atoms with Crippen LogP contribution in [0.5, 0.6) is 0 Å². The van der Waals surface area contributed by atoms with E-state index in [0.717, 1.165) is 0 Å². The average molecular weight is 158 g/mol. The number of aliphatic carboxylic acids is 1. The van der Waals surface area contributed by atoms with Gasteiger partial charge in [0.05, 0.1) is 18.4 Å². The molecule has 0 aromatic rings. The minimum atomic E-state index is -0.952. The monoisotopic (exact) mass is 158 g/mol. The first-order valence-corrected chi connectivity index (χ1v) is 3.44. The lowest BCUT2D eigenvalue weighted by atomic mass is 9.86. The Bertz CT molecular complexity index is 199. The zero-order valence-electron chi connectivity index (χ0n) is 6.29. The molecule has 0 spiro atoms. The molecule has 1 heterocycles. The largest absolute Gasteiger partial charge is 0.481 e. The quantitative estimate of drug-likeness (QED) is 0.591. The highest BCUT2D eigenvalue weighted by Gasteiger charge is 2.41. The van der Waals surface area contributed by atoms with Gasteiger partial charge < -0.3 is 9.84 Å².